The van der Waals surface area contributed by atoms with E-state index in [1.165, 1.54) is 33.4 Å². The Kier molecular flexibility index (Phi) is 5.83. The minimum Gasteiger partial charge on any atom is -0.497 e. The Morgan fingerprint density at radius 3 is 2.38 bits per heavy atom. The molecule has 2 aromatic carbocycles. The Hall–Kier alpha value is -2.65. The molecular weight excluding hydrogens is 360 g/mol. The molecule has 0 unspecified atom stereocenters. The Labute approximate surface area is 152 Å². The zero-order chi connectivity index (χ0) is 19.5. The van der Waals surface area contributed by atoms with E-state index >= 15 is 0 Å². The van der Waals surface area contributed by atoms with Gasteiger partial charge in [-0.25, -0.2) is 8.42 Å². The lowest BCUT2D eigenvalue weighted by Gasteiger charge is -2.20. The predicted octanol–water partition coefficient (Wildman–Crippen LogP) is 2.74. The summed E-state index contributed by atoms with van der Waals surface area (Å²) in [4.78, 5) is 10.3. The number of hydrogen-bond donors (Lipinski definition) is 0. The second-order valence-electron chi connectivity index (χ2n) is 5.65. The molecule has 0 aliphatic rings. The zero-order valence-corrected chi connectivity index (χ0v) is 15.7. The predicted molar refractivity (Wildman–Crippen MR) is 96.0 cm³/mol. The van der Waals surface area contributed by atoms with Gasteiger partial charge in [-0.3, -0.25) is 10.1 Å². The number of sulfonamides is 1. The summed E-state index contributed by atoms with van der Waals surface area (Å²) >= 11 is 0. The Morgan fingerprint density at radius 1 is 1.12 bits per heavy atom. The second-order valence-corrected chi connectivity index (χ2v) is 7.66. The molecule has 2 rings (SSSR count). The van der Waals surface area contributed by atoms with E-state index in [0.29, 0.717) is 22.6 Å². The Bertz CT molecular complexity index is 927. The van der Waals surface area contributed by atoms with Gasteiger partial charge in [-0.15, -0.1) is 0 Å². The van der Waals surface area contributed by atoms with E-state index in [4.69, 9.17) is 9.47 Å². The summed E-state index contributed by atoms with van der Waals surface area (Å²) < 4.78 is 37.4. The number of benzene rings is 2. The summed E-state index contributed by atoms with van der Waals surface area (Å²) in [6.45, 7) is 1.61. The standard InChI is InChI=1S/C17H20N2O6S/c1-12-5-6-14(19(20)21)10-17(12)26(22,23)18(2)11-13-9-15(24-3)7-8-16(13)25-4/h5-10H,11H2,1-4H3. The average Bonchev–Trinajstić information content (AvgIpc) is 2.61. The van der Waals surface area contributed by atoms with E-state index in [9.17, 15) is 18.5 Å². The highest BCUT2D eigenvalue weighted by Gasteiger charge is 2.26. The fourth-order valence-electron chi connectivity index (χ4n) is 2.48. The quantitative estimate of drug-likeness (QED) is 0.541. The minimum absolute atomic E-state index is 0.0187. The molecule has 0 aromatic heterocycles. The van der Waals surface area contributed by atoms with E-state index in [-0.39, 0.29) is 17.1 Å². The Balaban J connectivity index is 2.42. The highest BCUT2D eigenvalue weighted by molar-refractivity contribution is 7.89. The van der Waals surface area contributed by atoms with Crippen LogP contribution >= 0.6 is 0 Å². The summed E-state index contributed by atoms with van der Waals surface area (Å²) in [5, 5.41) is 11.0. The molecule has 0 radical (unpaired) electrons. The molecular formula is C17H20N2O6S. The molecule has 0 saturated heterocycles. The molecule has 0 N–H and O–H groups in total. The summed E-state index contributed by atoms with van der Waals surface area (Å²) in [6.07, 6.45) is 0. The first-order chi connectivity index (χ1) is 12.2. The van der Waals surface area contributed by atoms with Crippen molar-refractivity contribution in [1.29, 1.82) is 0 Å². The van der Waals surface area contributed by atoms with Crippen LogP contribution in [0.1, 0.15) is 11.1 Å². The van der Waals surface area contributed by atoms with E-state index < -0.39 is 14.9 Å². The van der Waals surface area contributed by atoms with E-state index in [1.807, 2.05) is 0 Å². The maximum absolute atomic E-state index is 12.9. The van der Waals surface area contributed by atoms with Crippen molar-refractivity contribution in [3.63, 3.8) is 0 Å². The monoisotopic (exact) mass is 380 g/mol. The topological polar surface area (TPSA) is 99.0 Å². The molecule has 2 aromatic rings. The molecule has 0 saturated carbocycles. The van der Waals surface area contributed by atoms with Crippen LogP contribution in [0.5, 0.6) is 11.5 Å². The van der Waals surface area contributed by atoms with E-state index in [1.54, 1.807) is 25.1 Å². The van der Waals surface area contributed by atoms with Gasteiger partial charge in [0.25, 0.3) is 5.69 Å². The van der Waals surface area contributed by atoms with Gasteiger partial charge >= 0.3 is 0 Å². The third-order valence-corrected chi connectivity index (χ3v) is 5.90. The van der Waals surface area contributed by atoms with E-state index in [0.717, 1.165) is 10.4 Å². The maximum Gasteiger partial charge on any atom is 0.270 e. The number of methoxy groups -OCH3 is 2. The number of nitro groups is 1. The van der Waals surface area contributed by atoms with Gasteiger partial charge in [0.15, 0.2) is 0 Å². The van der Waals surface area contributed by atoms with Crippen LogP contribution in [0.2, 0.25) is 0 Å². The fraction of sp³-hybridized carbons (Fsp3) is 0.294. The molecule has 0 amide bonds. The van der Waals surface area contributed by atoms with Crippen molar-refractivity contribution >= 4 is 15.7 Å². The second kappa shape index (κ2) is 7.71. The lowest BCUT2D eigenvalue weighted by molar-refractivity contribution is -0.385. The largest absolute Gasteiger partial charge is 0.497 e. The first kappa shape index (κ1) is 19.7. The molecule has 0 spiro atoms. The van der Waals surface area contributed by atoms with Crippen LogP contribution in [0.25, 0.3) is 0 Å². The van der Waals surface area contributed by atoms with Crippen LogP contribution in [-0.2, 0) is 16.6 Å². The maximum atomic E-state index is 12.9. The molecule has 26 heavy (non-hydrogen) atoms. The number of ether oxygens (including phenoxy) is 2. The molecule has 0 aliphatic heterocycles. The van der Waals surface area contributed by atoms with Crippen molar-refractivity contribution in [2.45, 2.75) is 18.4 Å². The van der Waals surface area contributed by atoms with E-state index in [2.05, 4.69) is 0 Å². The zero-order valence-electron chi connectivity index (χ0n) is 14.9. The summed E-state index contributed by atoms with van der Waals surface area (Å²) in [5.41, 5.74) is 0.766. The number of rotatable bonds is 7. The number of hydrogen-bond acceptors (Lipinski definition) is 6. The molecule has 140 valence electrons. The first-order valence-corrected chi connectivity index (χ1v) is 9.07. The fourth-order valence-corrected chi connectivity index (χ4v) is 3.87. The summed E-state index contributed by atoms with van der Waals surface area (Å²) in [6, 6.07) is 8.86. The van der Waals surface area contributed by atoms with Gasteiger partial charge in [0, 0.05) is 31.3 Å². The molecule has 0 heterocycles. The third-order valence-electron chi connectivity index (χ3n) is 3.95. The SMILES string of the molecule is COc1ccc(OC)c(CN(C)S(=O)(=O)c2cc([N+](=O)[O-])ccc2C)c1. The van der Waals surface area contributed by atoms with Crippen molar-refractivity contribution in [3.8, 4) is 11.5 Å². The molecule has 0 fully saturated rings. The van der Waals surface area contributed by atoms with Crippen LogP contribution in [-0.4, -0.2) is 38.9 Å². The van der Waals surface area contributed by atoms with Gasteiger partial charge < -0.3 is 9.47 Å². The number of nitro benzene ring substituents is 1. The van der Waals surface area contributed by atoms with Crippen LogP contribution in [0.4, 0.5) is 5.69 Å². The Morgan fingerprint density at radius 2 is 1.81 bits per heavy atom. The summed E-state index contributed by atoms with van der Waals surface area (Å²) in [7, 11) is 0.476. The van der Waals surface area contributed by atoms with Crippen molar-refractivity contribution in [2.24, 2.45) is 0 Å². The molecule has 0 atom stereocenters. The molecule has 0 aliphatic carbocycles. The van der Waals surface area contributed by atoms with Crippen molar-refractivity contribution in [2.75, 3.05) is 21.3 Å². The lowest BCUT2D eigenvalue weighted by Crippen LogP contribution is -2.27. The molecule has 0 bridgehead atoms. The van der Waals surface area contributed by atoms with Crippen molar-refractivity contribution in [3.05, 3.63) is 57.6 Å². The number of nitrogens with zero attached hydrogens (tertiary/aromatic N) is 2. The highest BCUT2D eigenvalue weighted by Crippen LogP contribution is 2.29. The van der Waals surface area contributed by atoms with Gasteiger partial charge in [-0.05, 0) is 30.7 Å². The van der Waals surface area contributed by atoms with Crippen LogP contribution in [0.15, 0.2) is 41.3 Å². The van der Waals surface area contributed by atoms with Crippen molar-refractivity contribution < 1.29 is 22.8 Å². The smallest absolute Gasteiger partial charge is 0.270 e. The number of non-ortho nitro benzene ring substituents is 1. The van der Waals surface area contributed by atoms with Crippen LogP contribution in [0, 0.1) is 17.0 Å². The van der Waals surface area contributed by atoms with Gasteiger partial charge in [-0.2, -0.15) is 4.31 Å². The highest BCUT2D eigenvalue weighted by atomic mass is 32.2. The van der Waals surface area contributed by atoms with Gasteiger partial charge in [0.05, 0.1) is 24.0 Å². The van der Waals surface area contributed by atoms with Gasteiger partial charge in [-0.1, -0.05) is 6.07 Å². The van der Waals surface area contributed by atoms with Crippen LogP contribution < -0.4 is 9.47 Å². The summed E-state index contributed by atoms with van der Waals surface area (Å²) in [5.74, 6) is 1.08. The first-order valence-electron chi connectivity index (χ1n) is 7.63. The third kappa shape index (κ3) is 3.94. The minimum atomic E-state index is -3.94. The average molecular weight is 380 g/mol. The van der Waals surface area contributed by atoms with Crippen LogP contribution in [0.3, 0.4) is 0 Å². The normalized spacial score (nSPS) is 11.4. The molecule has 9 heteroatoms. The lowest BCUT2D eigenvalue weighted by atomic mass is 10.2. The van der Waals surface area contributed by atoms with Crippen molar-refractivity contribution in [1.82, 2.24) is 4.31 Å². The number of aryl methyl sites for hydroxylation is 1. The molecule has 8 nitrogen and oxygen atoms in total. The van der Waals surface area contributed by atoms with Gasteiger partial charge in [0.2, 0.25) is 10.0 Å². The van der Waals surface area contributed by atoms with Gasteiger partial charge in [0.1, 0.15) is 11.5 Å².